The van der Waals surface area contributed by atoms with Crippen LogP contribution in [-0.4, -0.2) is 18.5 Å². The highest BCUT2D eigenvalue weighted by Crippen LogP contribution is 2.18. The summed E-state index contributed by atoms with van der Waals surface area (Å²) in [5.41, 5.74) is 2.70. The third-order valence-electron chi connectivity index (χ3n) is 4.28. The minimum atomic E-state index is -0.401. The fourth-order valence-electron chi connectivity index (χ4n) is 2.71. The number of carbonyl (C=O) groups is 2. The number of rotatable bonds is 8. The molecular weight excluding hydrogens is 397 g/mol. The number of ether oxygens (including phenoxy) is 2. The second kappa shape index (κ2) is 10.7. The zero-order valence-corrected chi connectivity index (χ0v) is 17.0. The molecule has 0 aliphatic rings. The van der Waals surface area contributed by atoms with Crippen molar-refractivity contribution in [3.8, 4) is 5.75 Å². The summed E-state index contributed by atoms with van der Waals surface area (Å²) in [6.45, 7) is 2.34. The van der Waals surface area contributed by atoms with Crippen LogP contribution >= 0.6 is 0 Å². The Labute approximate surface area is 180 Å². The van der Waals surface area contributed by atoms with Crippen molar-refractivity contribution in [3.63, 3.8) is 0 Å². The maximum atomic E-state index is 13.0. The maximum absolute atomic E-state index is 13.0. The quantitative estimate of drug-likeness (QED) is 0.401. The molecule has 0 aromatic heterocycles. The standard InChI is InChI=1S/C25H22FNO4/c1-2-30-24(28)15-10-18-8-13-22(14-9-18)27-25(29)20-4-3-5-23(16-20)31-17-19-6-11-21(26)12-7-19/h3-16H,2,17H2,1H3,(H,27,29)/b15-10+. The number of nitrogens with one attached hydrogen (secondary N) is 1. The SMILES string of the molecule is CCOC(=O)/C=C/c1ccc(NC(=O)c2cccc(OCc3ccc(F)cc3)c2)cc1. The van der Waals surface area contributed by atoms with Crippen LogP contribution in [0, 0.1) is 5.82 Å². The van der Waals surface area contributed by atoms with E-state index in [-0.39, 0.29) is 18.3 Å². The van der Waals surface area contributed by atoms with E-state index in [1.807, 2.05) is 0 Å². The van der Waals surface area contributed by atoms with Gasteiger partial charge in [0.25, 0.3) is 5.91 Å². The Balaban J connectivity index is 1.58. The first kappa shape index (κ1) is 21.8. The van der Waals surface area contributed by atoms with Gasteiger partial charge in [-0.05, 0) is 66.6 Å². The molecule has 0 aliphatic carbocycles. The molecule has 31 heavy (non-hydrogen) atoms. The zero-order valence-electron chi connectivity index (χ0n) is 17.0. The van der Waals surface area contributed by atoms with Gasteiger partial charge in [-0.2, -0.15) is 0 Å². The van der Waals surface area contributed by atoms with Gasteiger partial charge in [-0.25, -0.2) is 9.18 Å². The molecule has 0 unspecified atom stereocenters. The number of carbonyl (C=O) groups excluding carboxylic acids is 2. The van der Waals surface area contributed by atoms with Crippen molar-refractivity contribution in [2.24, 2.45) is 0 Å². The molecule has 1 N–H and O–H groups in total. The van der Waals surface area contributed by atoms with Crippen molar-refractivity contribution in [1.29, 1.82) is 0 Å². The van der Waals surface area contributed by atoms with E-state index in [2.05, 4.69) is 5.32 Å². The van der Waals surface area contributed by atoms with Gasteiger partial charge < -0.3 is 14.8 Å². The minimum absolute atomic E-state index is 0.270. The van der Waals surface area contributed by atoms with Crippen LogP contribution in [0.4, 0.5) is 10.1 Å². The summed E-state index contributed by atoms with van der Waals surface area (Å²) >= 11 is 0. The van der Waals surface area contributed by atoms with Crippen LogP contribution in [0.2, 0.25) is 0 Å². The molecule has 0 saturated carbocycles. The Morgan fingerprint density at radius 1 is 1.00 bits per heavy atom. The lowest BCUT2D eigenvalue weighted by Gasteiger charge is -2.09. The van der Waals surface area contributed by atoms with Crippen molar-refractivity contribution < 1.29 is 23.5 Å². The Hall–Kier alpha value is -3.93. The number of halogens is 1. The highest BCUT2D eigenvalue weighted by molar-refractivity contribution is 6.04. The molecule has 0 aliphatic heterocycles. The second-order valence-corrected chi connectivity index (χ2v) is 6.60. The van der Waals surface area contributed by atoms with E-state index < -0.39 is 5.97 Å². The van der Waals surface area contributed by atoms with Gasteiger partial charge in [0.05, 0.1) is 6.61 Å². The van der Waals surface area contributed by atoms with Gasteiger partial charge in [0.1, 0.15) is 18.2 Å². The largest absolute Gasteiger partial charge is 0.489 e. The molecule has 3 aromatic carbocycles. The molecule has 0 spiro atoms. The normalized spacial score (nSPS) is 10.6. The number of amides is 1. The molecule has 158 valence electrons. The molecule has 3 aromatic rings. The molecule has 0 bridgehead atoms. The molecule has 0 fully saturated rings. The molecule has 0 heterocycles. The first-order valence-corrected chi connectivity index (χ1v) is 9.77. The minimum Gasteiger partial charge on any atom is -0.489 e. The molecule has 0 saturated heterocycles. The fraction of sp³-hybridized carbons (Fsp3) is 0.120. The summed E-state index contributed by atoms with van der Waals surface area (Å²) in [7, 11) is 0. The third kappa shape index (κ3) is 6.82. The monoisotopic (exact) mass is 419 g/mol. The lowest BCUT2D eigenvalue weighted by molar-refractivity contribution is -0.137. The van der Waals surface area contributed by atoms with Crippen molar-refractivity contribution in [1.82, 2.24) is 0 Å². The van der Waals surface area contributed by atoms with Crippen LogP contribution in [0.5, 0.6) is 5.75 Å². The Bertz CT molecular complexity index is 1060. The van der Waals surface area contributed by atoms with E-state index >= 15 is 0 Å². The lowest BCUT2D eigenvalue weighted by Crippen LogP contribution is -2.12. The molecule has 6 heteroatoms. The van der Waals surface area contributed by atoms with Gasteiger partial charge in [-0.1, -0.05) is 30.3 Å². The zero-order chi connectivity index (χ0) is 22.1. The molecular formula is C25H22FNO4. The Morgan fingerprint density at radius 3 is 2.45 bits per heavy atom. The van der Waals surface area contributed by atoms with Crippen molar-refractivity contribution in [3.05, 3.63) is 101 Å². The van der Waals surface area contributed by atoms with E-state index in [0.29, 0.717) is 23.6 Å². The van der Waals surface area contributed by atoms with Crippen molar-refractivity contribution in [2.45, 2.75) is 13.5 Å². The van der Waals surface area contributed by atoms with Crippen molar-refractivity contribution in [2.75, 3.05) is 11.9 Å². The van der Waals surface area contributed by atoms with Gasteiger partial charge in [0.2, 0.25) is 0 Å². The lowest BCUT2D eigenvalue weighted by atomic mass is 10.1. The first-order valence-electron chi connectivity index (χ1n) is 9.77. The fourth-order valence-corrected chi connectivity index (χ4v) is 2.71. The average Bonchev–Trinajstić information content (AvgIpc) is 2.78. The molecule has 1 amide bonds. The van der Waals surface area contributed by atoms with E-state index in [1.165, 1.54) is 18.2 Å². The van der Waals surface area contributed by atoms with Gasteiger partial charge in [-0.15, -0.1) is 0 Å². The van der Waals surface area contributed by atoms with E-state index in [4.69, 9.17) is 9.47 Å². The third-order valence-corrected chi connectivity index (χ3v) is 4.28. The molecule has 0 atom stereocenters. The van der Waals surface area contributed by atoms with E-state index in [9.17, 15) is 14.0 Å². The van der Waals surface area contributed by atoms with Gasteiger partial charge >= 0.3 is 5.97 Å². The summed E-state index contributed by atoms with van der Waals surface area (Å²) < 4.78 is 23.5. The summed E-state index contributed by atoms with van der Waals surface area (Å²) in [5, 5.41) is 2.83. The van der Waals surface area contributed by atoms with Crippen LogP contribution in [0.3, 0.4) is 0 Å². The molecule has 3 rings (SSSR count). The van der Waals surface area contributed by atoms with Crippen LogP contribution in [-0.2, 0) is 16.1 Å². The Morgan fingerprint density at radius 2 is 1.74 bits per heavy atom. The van der Waals surface area contributed by atoms with Crippen LogP contribution in [0.25, 0.3) is 6.08 Å². The number of esters is 1. The second-order valence-electron chi connectivity index (χ2n) is 6.60. The van der Waals surface area contributed by atoms with E-state index in [1.54, 1.807) is 73.7 Å². The maximum Gasteiger partial charge on any atom is 0.330 e. The molecule has 5 nitrogen and oxygen atoms in total. The molecule has 0 radical (unpaired) electrons. The summed E-state index contributed by atoms with van der Waals surface area (Å²) in [6.07, 6.45) is 3.00. The summed E-state index contributed by atoms with van der Waals surface area (Å²) in [4.78, 5) is 23.9. The smallest absolute Gasteiger partial charge is 0.330 e. The van der Waals surface area contributed by atoms with Crippen molar-refractivity contribution >= 4 is 23.6 Å². The number of anilines is 1. The topological polar surface area (TPSA) is 64.6 Å². The Kier molecular flexibility index (Phi) is 7.54. The van der Waals surface area contributed by atoms with Crippen LogP contribution in [0.1, 0.15) is 28.4 Å². The first-order chi connectivity index (χ1) is 15.0. The predicted octanol–water partition coefficient (Wildman–Crippen LogP) is 5.23. The number of hydrogen-bond acceptors (Lipinski definition) is 4. The summed E-state index contributed by atoms with van der Waals surface area (Å²) in [5.74, 6) is -0.439. The number of hydrogen-bond donors (Lipinski definition) is 1. The van der Waals surface area contributed by atoms with E-state index in [0.717, 1.165) is 11.1 Å². The number of benzene rings is 3. The highest BCUT2D eigenvalue weighted by atomic mass is 19.1. The van der Waals surface area contributed by atoms with Crippen LogP contribution < -0.4 is 10.1 Å². The predicted molar refractivity (Wildman–Crippen MR) is 117 cm³/mol. The van der Waals surface area contributed by atoms with Gasteiger partial charge in [0, 0.05) is 17.3 Å². The van der Waals surface area contributed by atoms with Gasteiger partial charge in [0.15, 0.2) is 0 Å². The average molecular weight is 419 g/mol. The highest BCUT2D eigenvalue weighted by Gasteiger charge is 2.08. The summed E-state index contributed by atoms with van der Waals surface area (Å²) in [6, 6.07) is 19.9. The van der Waals surface area contributed by atoms with Gasteiger partial charge in [-0.3, -0.25) is 4.79 Å². The van der Waals surface area contributed by atoms with Crippen LogP contribution in [0.15, 0.2) is 78.9 Å².